The Morgan fingerprint density at radius 2 is 1.80 bits per heavy atom. The van der Waals surface area contributed by atoms with Crippen LogP contribution in [-0.2, 0) is 9.61 Å². The van der Waals surface area contributed by atoms with E-state index in [2.05, 4.69) is 28.3 Å². The molecule has 0 bridgehead atoms. The summed E-state index contributed by atoms with van der Waals surface area (Å²) in [5, 5.41) is 16.6. The lowest BCUT2D eigenvalue weighted by atomic mass is 10.0. The van der Waals surface area contributed by atoms with Gasteiger partial charge in [-0.25, -0.2) is 4.81 Å². The second kappa shape index (κ2) is 5.72. The molecule has 0 unspecified atom stereocenters. The molecule has 1 aromatic carbocycles. The van der Waals surface area contributed by atoms with Gasteiger partial charge >= 0.3 is 7.32 Å². The van der Waals surface area contributed by atoms with E-state index in [0.29, 0.717) is 11.7 Å². The van der Waals surface area contributed by atoms with Gasteiger partial charge in [-0.1, -0.05) is 26.0 Å². The molecule has 6 heteroatoms. The van der Waals surface area contributed by atoms with E-state index in [9.17, 15) is 0 Å². The maximum atomic E-state index is 8.64. The first-order valence-corrected chi connectivity index (χ1v) is 4.55. The number of hydrogen-bond acceptors (Lipinski definition) is 5. The molecule has 0 radical (unpaired) electrons. The zero-order chi connectivity index (χ0) is 11.3. The third kappa shape index (κ3) is 3.89. The van der Waals surface area contributed by atoms with Gasteiger partial charge in [-0.15, -0.1) is 0 Å². The monoisotopic (exact) mass is 212 g/mol. The highest BCUT2D eigenvalue weighted by Crippen LogP contribution is 2.18. The van der Waals surface area contributed by atoms with Crippen LogP contribution in [0.15, 0.2) is 24.3 Å². The van der Waals surface area contributed by atoms with Gasteiger partial charge in [0.2, 0.25) is 0 Å². The third-order valence-corrected chi connectivity index (χ3v) is 1.86. The lowest BCUT2D eigenvalue weighted by Crippen LogP contribution is -2.22. The molecule has 0 saturated heterocycles. The van der Waals surface area contributed by atoms with E-state index < -0.39 is 7.32 Å². The van der Waals surface area contributed by atoms with E-state index >= 15 is 0 Å². The van der Waals surface area contributed by atoms with E-state index in [1.165, 1.54) is 5.56 Å². The minimum Gasteiger partial charge on any atom is -0.398 e. The fraction of sp³-hybridized carbons (Fsp3) is 0.333. The highest BCUT2D eigenvalue weighted by Gasteiger charge is 2.17. The van der Waals surface area contributed by atoms with Crippen molar-refractivity contribution in [3.05, 3.63) is 29.8 Å². The molecule has 0 aliphatic carbocycles. The summed E-state index contributed by atoms with van der Waals surface area (Å²) < 4.78 is 0. The molecule has 0 fully saturated rings. The topological polar surface area (TPSA) is 68.2 Å². The van der Waals surface area contributed by atoms with Gasteiger partial charge < -0.3 is 9.91 Å². The normalized spacial score (nSPS) is 10.5. The molecule has 82 valence electrons. The van der Waals surface area contributed by atoms with Gasteiger partial charge in [0.1, 0.15) is 0 Å². The standard InChI is InChI=1S/C9H13BO5/c1-7(2)8-3-5-9(6-4-8)13-15-10(11)14-12/h3-7,11-12H,1-2H3. The Morgan fingerprint density at radius 3 is 2.27 bits per heavy atom. The third-order valence-electron chi connectivity index (χ3n) is 1.86. The van der Waals surface area contributed by atoms with E-state index in [1.54, 1.807) is 12.1 Å². The van der Waals surface area contributed by atoms with Gasteiger partial charge in [-0.2, -0.15) is 4.81 Å². The van der Waals surface area contributed by atoms with Crippen LogP contribution in [0.4, 0.5) is 0 Å². The zero-order valence-corrected chi connectivity index (χ0v) is 8.58. The molecule has 15 heavy (non-hydrogen) atoms. The second-order valence-corrected chi connectivity index (χ2v) is 3.32. The predicted octanol–water partition coefficient (Wildman–Crippen LogP) is 1.59. The maximum Gasteiger partial charge on any atom is 0.703 e. The molecule has 0 saturated carbocycles. The summed E-state index contributed by atoms with van der Waals surface area (Å²) in [6, 6.07) is 7.16. The maximum absolute atomic E-state index is 8.64. The fourth-order valence-corrected chi connectivity index (χ4v) is 1.02. The van der Waals surface area contributed by atoms with Crippen LogP contribution in [0.3, 0.4) is 0 Å². The van der Waals surface area contributed by atoms with Crippen LogP contribution in [0.25, 0.3) is 0 Å². The molecule has 1 rings (SSSR count). The summed E-state index contributed by atoms with van der Waals surface area (Å²) >= 11 is 0. The summed E-state index contributed by atoms with van der Waals surface area (Å²) in [5.74, 6) is 0.849. The summed E-state index contributed by atoms with van der Waals surface area (Å²) in [6.07, 6.45) is 0. The molecule has 0 heterocycles. The van der Waals surface area contributed by atoms with Crippen molar-refractivity contribution in [2.45, 2.75) is 19.8 Å². The van der Waals surface area contributed by atoms with Gasteiger partial charge in [0.15, 0.2) is 5.75 Å². The second-order valence-electron chi connectivity index (χ2n) is 3.32. The zero-order valence-electron chi connectivity index (χ0n) is 8.58. The van der Waals surface area contributed by atoms with Crippen molar-refractivity contribution in [2.24, 2.45) is 0 Å². The predicted molar refractivity (Wildman–Crippen MR) is 53.9 cm³/mol. The molecule has 0 aliphatic rings. The van der Waals surface area contributed by atoms with Gasteiger partial charge in [-0.3, -0.25) is 5.26 Å². The Kier molecular flexibility index (Phi) is 4.58. The van der Waals surface area contributed by atoms with Gasteiger partial charge in [0.05, 0.1) is 0 Å². The van der Waals surface area contributed by atoms with E-state index in [0.717, 1.165) is 0 Å². The first-order valence-electron chi connectivity index (χ1n) is 4.55. The largest absolute Gasteiger partial charge is 0.703 e. The molecule has 5 nitrogen and oxygen atoms in total. The van der Waals surface area contributed by atoms with Crippen molar-refractivity contribution >= 4 is 7.32 Å². The molecule has 1 aromatic rings. The first kappa shape index (κ1) is 12.0. The summed E-state index contributed by atoms with van der Waals surface area (Å²) in [7, 11) is -1.81. The highest BCUT2D eigenvalue weighted by molar-refractivity contribution is 6.33. The van der Waals surface area contributed by atoms with E-state index in [4.69, 9.17) is 10.3 Å². The fourth-order valence-electron chi connectivity index (χ4n) is 1.02. The number of rotatable bonds is 5. The summed E-state index contributed by atoms with van der Waals surface area (Å²) in [6.45, 7) is 4.16. The van der Waals surface area contributed by atoms with Crippen LogP contribution in [0.5, 0.6) is 5.75 Å². The van der Waals surface area contributed by atoms with Crippen LogP contribution in [0.1, 0.15) is 25.3 Å². The molecular weight excluding hydrogens is 199 g/mol. The first-order chi connectivity index (χ1) is 7.13. The molecule has 0 atom stereocenters. The van der Waals surface area contributed by atoms with Crippen molar-refractivity contribution in [1.29, 1.82) is 0 Å². The van der Waals surface area contributed by atoms with Crippen molar-refractivity contribution < 1.29 is 24.8 Å². The van der Waals surface area contributed by atoms with Crippen molar-refractivity contribution in [2.75, 3.05) is 0 Å². The van der Waals surface area contributed by atoms with Crippen LogP contribution < -0.4 is 4.89 Å². The van der Waals surface area contributed by atoms with Crippen LogP contribution in [-0.4, -0.2) is 17.6 Å². The van der Waals surface area contributed by atoms with Gasteiger partial charge in [-0.05, 0) is 23.6 Å². The molecule has 0 spiro atoms. The molecule has 0 aliphatic heterocycles. The average molecular weight is 212 g/mol. The quantitative estimate of drug-likeness (QED) is 0.440. The van der Waals surface area contributed by atoms with Gasteiger partial charge in [0, 0.05) is 0 Å². The lowest BCUT2D eigenvalue weighted by Gasteiger charge is -2.07. The highest BCUT2D eigenvalue weighted by atomic mass is 17.3. The average Bonchev–Trinajstić information content (AvgIpc) is 2.26. The van der Waals surface area contributed by atoms with Crippen molar-refractivity contribution in [1.82, 2.24) is 0 Å². The van der Waals surface area contributed by atoms with Crippen LogP contribution in [0.2, 0.25) is 0 Å². The SMILES string of the molecule is CC(C)c1ccc(OOB(O)OO)cc1. The minimum absolute atomic E-state index is 0.413. The Bertz CT molecular complexity index is 287. The molecule has 0 aromatic heterocycles. The molecule has 2 N–H and O–H groups in total. The van der Waals surface area contributed by atoms with E-state index in [-0.39, 0.29) is 0 Å². The van der Waals surface area contributed by atoms with Crippen LogP contribution >= 0.6 is 0 Å². The smallest absolute Gasteiger partial charge is 0.398 e. The minimum atomic E-state index is -1.81. The van der Waals surface area contributed by atoms with Crippen molar-refractivity contribution in [3.63, 3.8) is 0 Å². The summed E-state index contributed by atoms with van der Waals surface area (Å²) in [5.41, 5.74) is 1.17. The Labute approximate surface area is 88.2 Å². The Hall–Kier alpha value is -1.08. The summed E-state index contributed by atoms with van der Waals surface area (Å²) in [4.78, 5) is 12.4. The molecule has 0 amide bonds. The number of hydrogen-bond donors (Lipinski definition) is 2. The number of benzene rings is 1. The van der Waals surface area contributed by atoms with E-state index in [1.807, 2.05) is 12.1 Å². The Balaban J connectivity index is 2.50. The van der Waals surface area contributed by atoms with Crippen molar-refractivity contribution in [3.8, 4) is 5.75 Å². The Morgan fingerprint density at radius 1 is 1.20 bits per heavy atom. The van der Waals surface area contributed by atoms with Crippen LogP contribution in [0, 0.1) is 0 Å². The van der Waals surface area contributed by atoms with Gasteiger partial charge in [0.25, 0.3) is 0 Å². The lowest BCUT2D eigenvalue weighted by molar-refractivity contribution is -0.229. The molecular formula is C9H13BO5.